The Hall–Kier alpha value is -2.05. The number of piperidine rings is 1. The monoisotopic (exact) mass is 373 g/mol. The van der Waals surface area contributed by atoms with Crippen LogP contribution in [0.2, 0.25) is 0 Å². The van der Waals surface area contributed by atoms with Crippen LogP contribution in [0.4, 0.5) is 4.79 Å². The van der Waals surface area contributed by atoms with Gasteiger partial charge in [0.25, 0.3) is 0 Å². The molecule has 2 fully saturated rings. The Morgan fingerprint density at radius 1 is 1.19 bits per heavy atom. The molecule has 1 spiro atoms. The fourth-order valence-corrected chi connectivity index (χ4v) is 4.51. The molecule has 0 unspecified atom stereocenters. The number of aromatic nitrogens is 2. The van der Waals surface area contributed by atoms with Gasteiger partial charge in [0.05, 0.1) is 5.69 Å². The van der Waals surface area contributed by atoms with Gasteiger partial charge in [0.2, 0.25) is 5.91 Å². The molecule has 1 saturated heterocycles. The number of hydrogen-bond acceptors (Lipinski definition) is 3. The average molecular weight is 374 g/mol. The lowest BCUT2D eigenvalue weighted by molar-refractivity contribution is -0.135. The summed E-state index contributed by atoms with van der Waals surface area (Å²) in [5.41, 5.74) is 2.23. The number of rotatable bonds is 2. The quantitative estimate of drug-likeness (QED) is 0.799. The second kappa shape index (κ2) is 6.53. The first-order valence-electron chi connectivity index (χ1n) is 10.1. The van der Waals surface area contributed by atoms with Crippen molar-refractivity contribution in [2.75, 3.05) is 33.7 Å². The zero-order chi connectivity index (χ0) is 19.3. The van der Waals surface area contributed by atoms with Gasteiger partial charge in [-0.05, 0) is 39.5 Å². The van der Waals surface area contributed by atoms with Gasteiger partial charge in [0.15, 0.2) is 0 Å². The molecule has 0 atom stereocenters. The van der Waals surface area contributed by atoms with Crippen LogP contribution in [-0.4, -0.2) is 70.1 Å². The van der Waals surface area contributed by atoms with E-state index < -0.39 is 0 Å². The van der Waals surface area contributed by atoms with Crippen molar-refractivity contribution in [3.63, 3.8) is 0 Å². The standard InChI is InChI=1S/C20H31N5O2/c1-14(2)25-12-16-11-24(18(26)15-5-6-15)13-20(17(16)21-25)7-9-23(10-8-20)19(27)22(3)4/h12,14-15H,5-11,13H2,1-4H3. The van der Waals surface area contributed by atoms with Crippen LogP contribution in [0, 0.1) is 5.92 Å². The Morgan fingerprint density at radius 2 is 1.85 bits per heavy atom. The molecule has 1 aromatic heterocycles. The lowest BCUT2D eigenvalue weighted by atomic mass is 9.72. The fourth-order valence-electron chi connectivity index (χ4n) is 4.51. The fraction of sp³-hybridized carbons (Fsp3) is 0.750. The molecule has 4 rings (SSSR count). The van der Waals surface area contributed by atoms with Gasteiger partial charge in [0, 0.05) is 69.4 Å². The summed E-state index contributed by atoms with van der Waals surface area (Å²) >= 11 is 0. The first-order chi connectivity index (χ1) is 12.8. The third-order valence-corrected chi connectivity index (χ3v) is 6.31. The Balaban J connectivity index is 1.62. The predicted octanol–water partition coefficient (Wildman–Crippen LogP) is 2.23. The molecule has 0 radical (unpaired) electrons. The molecule has 3 amide bonds. The number of fused-ring (bicyclic) bond motifs is 2. The summed E-state index contributed by atoms with van der Waals surface area (Å²) in [6, 6.07) is 0.371. The van der Waals surface area contributed by atoms with Crippen LogP contribution in [0.1, 0.15) is 56.8 Å². The van der Waals surface area contributed by atoms with Crippen molar-refractivity contribution < 1.29 is 9.59 Å². The van der Waals surface area contributed by atoms with Gasteiger partial charge < -0.3 is 14.7 Å². The summed E-state index contributed by atoms with van der Waals surface area (Å²) in [7, 11) is 3.59. The largest absolute Gasteiger partial charge is 0.337 e. The minimum atomic E-state index is -0.124. The minimum Gasteiger partial charge on any atom is -0.337 e. The summed E-state index contributed by atoms with van der Waals surface area (Å²) in [6.07, 6.45) is 5.93. The third-order valence-electron chi connectivity index (χ3n) is 6.31. The van der Waals surface area contributed by atoms with Crippen molar-refractivity contribution >= 4 is 11.9 Å². The zero-order valence-corrected chi connectivity index (χ0v) is 16.9. The van der Waals surface area contributed by atoms with E-state index in [-0.39, 0.29) is 17.4 Å². The highest BCUT2D eigenvalue weighted by Crippen LogP contribution is 2.43. The van der Waals surface area contributed by atoms with Gasteiger partial charge in [-0.25, -0.2) is 4.79 Å². The zero-order valence-electron chi connectivity index (χ0n) is 16.9. The number of urea groups is 1. The van der Waals surface area contributed by atoms with E-state index in [1.165, 1.54) is 5.56 Å². The predicted molar refractivity (Wildman–Crippen MR) is 102 cm³/mol. The van der Waals surface area contributed by atoms with E-state index in [2.05, 4.69) is 24.9 Å². The summed E-state index contributed by atoms with van der Waals surface area (Å²) in [5.74, 6) is 0.545. The smallest absolute Gasteiger partial charge is 0.319 e. The SMILES string of the molecule is CC(C)n1cc2c(n1)C1(CCN(C(=O)N(C)C)CC1)CN(C(=O)C1CC1)C2. The number of nitrogens with zero attached hydrogens (tertiary/aromatic N) is 5. The van der Waals surface area contributed by atoms with Crippen molar-refractivity contribution in [3.05, 3.63) is 17.5 Å². The lowest BCUT2D eigenvalue weighted by Crippen LogP contribution is -2.55. The molecule has 148 valence electrons. The number of carbonyl (C=O) groups excluding carboxylic acids is 2. The van der Waals surface area contributed by atoms with E-state index in [9.17, 15) is 9.59 Å². The van der Waals surface area contributed by atoms with Crippen molar-refractivity contribution in [3.8, 4) is 0 Å². The minimum absolute atomic E-state index is 0.0690. The second-order valence-corrected chi connectivity index (χ2v) is 8.99. The van der Waals surface area contributed by atoms with Crippen LogP contribution in [0.25, 0.3) is 0 Å². The Morgan fingerprint density at radius 3 is 2.41 bits per heavy atom. The molecule has 27 heavy (non-hydrogen) atoms. The van der Waals surface area contributed by atoms with E-state index in [0.717, 1.165) is 51.0 Å². The molecule has 1 aliphatic carbocycles. The van der Waals surface area contributed by atoms with Gasteiger partial charge >= 0.3 is 6.03 Å². The highest BCUT2D eigenvalue weighted by atomic mass is 16.2. The maximum atomic E-state index is 12.8. The Bertz CT molecular complexity index is 742. The lowest BCUT2D eigenvalue weighted by Gasteiger charge is -2.47. The maximum absolute atomic E-state index is 12.8. The van der Waals surface area contributed by atoms with Gasteiger partial charge in [0.1, 0.15) is 0 Å². The molecule has 3 heterocycles. The summed E-state index contributed by atoms with van der Waals surface area (Å²) in [6.45, 7) is 7.13. The molecule has 2 aliphatic heterocycles. The first-order valence-corrected chi connectivity index (χ1v) is 10.1. The van der Waals surface area contributed by atoms with E-state index >= 15 is 0 Å². The van der Waals surface area contributed by atoms with Crippen molar-refractivity contribution in [1.29, 1.82) is 0 Å². The van der Waals surface area contributed by atoms with Crippen LogP contribution in [0.15, 0.2) is 6.20 Å². The molecule has 7 heteroatoms. The van der Waals surface area contributed by atoms with Gasteiger partial charge in [-0.3, -0.25) is 9.48 Å². The molecule has 0 aromatic carbocycles. The van der Waals surface area contributed by atoms with Crippen LogP contribution in [0.3, 0.4) is 0 Å². The number of likely N-dealkylation sites (tertiary alicyclic amines) is 1. The normalized spacial score (nSPS) is 21.5. The summed E-state index contributed by atoms with van der Waals surface area (Å²) < 4.78 is 2.04. The van der Waals surface area contributed by atoms with Crippen LogP contribution in [0.5, 0.6) is 0 Å². The number of carbonyl (C=O) groups is 2. The van der Waals surface area contributed by atoms with Crippen molar-refractivity contribution in [1.82, 2.24) is 24.5 Å². The molecule has 0 bridgehead atoms. The van der Waals surface area contributed by atoms with Crippen LogP contribution < -0.4 is 0 Å². The summed E-state index contributed by atoms with van der Waals surface area (Å²) in [4.78, 5) is 30.8. The number of amides is 3. The molecular formula is C20H31N5O2. The topological polar surface area (TPSA) is 61.7 Å². The first kappa shape index (κ1) is 18.3. The summed E-state index contributed by atoms with van der Waals surface area (Å²) in [5, 5.41) is 4.95. The van der Waals surface area contributed by atoms with E-state index in [1.807, 2.05) is 9.58 Å². The van der Waals surface area contributed by atoms with Crippen LogP contribution >= 0.6 is 0 Å². The van der Waals surface area contributed by atoms with Gasteiger partial charge in [-0.1, -0.05) is 0 Å². The van der Waals surface area contributed by atoms with Crippen LogP contribution in [-0.2, 0) is 16.8 Å². The number of hydrogen-bond donors (Lipinski definition) is 0. The molecule has 1 saturated carbocycles. The molecule has 1 aromatic rings. The molecule has 3 aliphatic rings. The van der Waals surface area contributed by atoms with Crippen molar-refractivity contribution in [2.45, 2.75) is 57.5 Å². The highest BCUT2D eigenvalue weighted by molar-refractivity contribution is 5.81. The molecular weight excluding hydrogens is 342 g/mol. The van der Waals surface area contributed by atoms with Crippen molar-refractivity contribution in [2.24, 2.45) is 5.92 Å². The second-order valence-electron chi connectivity index (χ2n) is 8.99. The Labute approximate surface area is 161 Å². The molecule has 0 N–H and O–H groups in total. The van der Waals surface area contributed by atoms with Gasteiger partial charge in [-0.15, -0.1) is 0 Å². The van der Waals surface area contributed by atoms with E-state index in [4.69, 9.17) is 5.10 Å². The van der Waals surface area contributed by atoms with E-state index in [1.54, 1.807) is 19.0 Å². The average Bonchev–Trinajstić information content (AvgIpc) is 3.39. The third kappa shape index (κ3) is 3.21. The molecule has 7 nitrogen and oxygen atoms in total. The van der Waals surface area contributed by atoms with E-state index in [0.29, 0.717) is 18.5 Å². The highest BCUT2D eigenvalue weighted by Gasteiger charge is 2.47. The maximum Gasteiger partial charge on any atom is 0.319 e. The Kier molecular flexibility index (Phi) is 4.43. The van der Waals surface area contributed by atoms with Gasteiger partial charge in [-0.2, -0.15) is 5.10 Å².